The first-order chi connectivity index (χ1) is 4.95. The Balaban J connectivity index is 0. The van der Waals surface area contributed by atoms with Gasteiger partial charge in [-0.25, -0.2) is 4.57 Å². The number of carbonyl (C=O) groups is 1. The second-order valence-corrected chi connectivity index (χ2v) is 3.22. The van der Waals surface area contributed by atoms with Crippen molar-refractivity contribution in [1.29, 1.82) is 0 Å². The standard InChI is InChI=1S/C5H11O5P.Sr.2H/c1-2-3-4-5(6)10-11(7,8)9;;;/h2-4H2,1H3,(H2,7,8,9);;;. The minimum atomic E-state index is -4.61. The first-order valence-electron chi connectivity index (χ1n) is 3.23. The van der Waals surface area contributed by atoms with Crippen LogP contribution < -0.4 is 0 Å². The molecule has 0 unspecified atom stereocenters. The van der Waals surface area contributed by atoms with Crippen molar-refractivity contribution in [2.24, 2.45) is 0 Å². The Bertz CT molecular complexity index is 177. The summed E-state index contributed by atoms with van der Waals surface area (Å²) in [4.78, 5) is 26.8. The van der Waals surface area contributed by atoms with Crippen LogP contribution in [-0.4, -0.2) is 61.2 Å². The summed E-state index contributed by atoms with van der Waals surface area (Å²) < 4.78 is 13.8. The van der Waals surface area contributed by atoms with Gasteiger partial charge in [0.2, 0.25) is 0 Å². The molecule has 0 amide bonds. The van der Waals surface area contributed by atoms with Crippen LogP contribution in [0.25, 0.3) is 0 Å². The Morgan fingerprint density at radius 2 is 2.00 bits per heavy atom. The van der Waals surface area contributed by atoms with Crippen LogP contribution in [-0.2, 0) is 13.9 Å². The third kappa shape index (κ3) is 11.1. The molecule has 0 radical (unpaired) electrons. The third-order valence-electron chi connectivity index (χ3n) is 0.955. The molecule has 70 valence electrons. The number of phosphoric acid groups is 1. The van der Waals surface area contributed by atoms with Gasteiger partial charge in [0.1, 0.15) is 0 Å². The van der Waals surface area contributed by atoms with E-state index in [4.69, 9.17) is 9.79 Å². The summed E-state index contributed by atoms with van der Waals surface area (Å²) in [5.41, 5.74) is 0. The van der Waals surface area contributed by atoms with Crippen molar-refractivity contribution in [2.45, 2.75) is 26.2 Å². The minimum absolute atomic E-state index is 0. The fourth-order valence-corrected chi connectivity index (χ4v) is 0.856. The van der Waals surface area contributed by atoms with Gasteiger partial charge in [0.25, 0.3) is 0 Å². The van der Waals surface area contributed by atoms with E-state index in [2.05, 4.69) is 4.52 Å². The number of hydrogen-bond acceptors (Lipinski definition) is 3. The summed E-state index contributed by atoms with van der Waals surface area (Å²) in [6.45, 7) is 1.87. The number of rotatable bonds is 4. The van der Waals surface area contributed by atoms with E-state index in [1.165, 1.54) is 0 Å². The molecule has 5 nitrogen and oxygen atoms in total. The number of phosphoric ester groups is 1. The zero-order valence-electron chi connectivity index (χ0n) is 6.19. The molecule has 0 rings (SSSR count). The van der Waals surface area contributed by atoms with Crippen LogP contribution in [0.1, 0.15) is 26.2 Å². The molecule has 0 saturated carbocycles. The summed E-state index contributed by atoms with van der Waals surface area (Å²) in [6.07, 6.45) is 1.43. The van der Waals surface area contributed by atoms with Crippen molar-refractivity contribution in [3.05, 3.63) is 0 Å². The molecule has 0 aromatic carbocycles. The molecule has 0 aromatic rings. The Labute approximate surface area is 108 Å². The van der Waals surface area contributed by atoms with Crippen molar-refractivity contribution in [1.82, 2.24) is 0 Å². The van der Waals surface area contributed by atoms with Crippen LogP contribution in [0, 0.1) is 0 Å². The van der Waals surface area contributed by atoms with Crippen molar-refractivity contribution in [3.63, 3.8) is 0 Å². The Morgan fingerprint density at radius 3 is 2.33 bits per heavy atom. The molecule has 0 saturated heterocycles. The van der Waals surface area contributed by atoms with Gasteiger partial charge in [0, 0.05) is 6.42 Å². The fraction of sp³-hybridized carbons (Fsp3) is 0.800. The quantitative estimate of drug-likeness (QED) is 0.551. The first-order valence-corrected chi connectivity index (χ1v) is 4.76. The molecule has 7 heteroatoms. The molecule has 12 heavy (non-hydrogen) atoms. The fourth-order valence-electron chi connectivity index (χ4n) is 0.499. The summed E-state index contributed by atoms with van der Waals surface area (Å²) in [5, 5.41) is 0. The number of unbranched alkanes of at least 4 members (excludes halogenated alkanes) is 1. The number of carbonyl (C=O) groups excluding carboxylic acids is 1. The van der Waals surface area contributed by atoms with Crippen molar-refractivity contribution < 1.29 is 23.7 Å². The van der Waals surface area contributed by atoms with Gasteiger partial charge in [-0.2, -0.15) is 0 Å². The first kappa shape index (κ1) is 15.6. The molecule has 0 atom stereocenters. The average Bonchev–Trinajstić information content (AvgIpc) is 1.79. The average molecular weight is 272 g/mol. The molecule has 0 heterocycles. The summed E-state index contributed by atoms with van der Waals surface area (Å²) in [6, 6.07) is 0. The molecule has 0 aliphatic carbocycles. The van der Waals surface area contributed by atoms with Gasteiger partial charge in [-0.1, -0.05) is 13.3 Å². The van der Waals surface area contributed by atoms with E-state index in [0.29, 0.717) is 6.42 Å². The Hall–Kier alpha value is 1.10. The molecule has 0 fully saturated rings. The van der Waals surface area contributed by atoms with Crippen LogP contribution in [0.2, 0.25) is 0 Å². The molecular weight excluding hydrogens is 259 g/mol. The monoisotopic (exact) mass is 272 g/mol. The van der Waals surface area contributed by atoms with Gasteiger partial charge in [-0.3, -0.25) is 14.6 Å². The van der Waals surface area contributed by atoms with E-state index in [9.17, 15) is 9.36 Å². The molecule has 0 aromatic heterocycles. The summed E-state index contributed by atoms with van der Waals surface area (Å²) >= 11 is 0. The summed E-state index contributed by atoms with van der Waals surface area (Å²) in [7, 11) is -4.61. The zero-order chi connectivity index (χ0) is 8.91. The predicted octanol–water partition coefficient (Wildman–Crippen LogP) is -0.104. The Kier molecular flexibility index (Phi) is 9.73. The van der Waals surface area contributed by atoms with E-state index in [1.54, 1.807) is 0 Å². The maximum absolute atomic E-state index is 10.5. The van der Waals surface area contributed by atoms with Gasteiger partial charge in [0.15, 0.2) is 0 Å². The maximum atomic E-state index is 10.5. The van der Waals surface area contributed by atoms with Gasteiger partial charge in [0.05, 0.1) is 0 Å². The number of hydrogen-bond donors (Lipinski definition) is 2. The van der Waals surface area contributed by atoms with Crippen LogP contribution in [0.3, 0.4) is 0 Å². The molecule has 0 spiro atoms. The van der Waals surface area contributed by atoms with Gasteiger partial charge >= 0.3 is 59.3 Å². The van der Waals surface area contributed by atoms with Crippen LogP contribution in [0.5, 0.6) is 0 Å². The normalized spacial score (nSPS) is 10.2. The van der Waals surface area contributed by atoms with Gasteiger partial charge < -0.3 is 4.52 Å². The second-order valence-electron chi connectivity index (χ2n) is 2.06. The SMILES string of the molecule is CCCCC(=O)OP(=O)(O)O.[SrH2]. The van der Waals surface area contributed by atoms with Crippen LogP contribution in [0.15, 0.2) is 0 Å². The van der Waals surface area contributed by atoms with E-state index in [1.807, 2.05) is 6.92 Å². The van der Waals surface area contributed by atoms with Crippen LogP contribution >= 0.6 is 7.82 Å². The van der Waals surface area contributed by atoms with Crippen molar-refractivity contribution in [3.8, 4) is 0 Å². The molecule has 0 aliphatic rings. The topological polar surface area (TPSA) is 83.8 Å². The van der Waals surface area contributed by atoms with E-state index < -0.39 is 13.8 Å². The second kappa shape index (κ2) is 7.50. The molecular formula is C5H13O5PSr. The zero-order valence-corrected chi connectivity index (χ0v) is 7.08. The van der Waals surface area contributed by atoms with Crippen molar-refractivity contribution in [2.75, 3.05) is 0 Å². The predicted molar refractivity (Wildman–Crippen MR) is 46.2 cm³/mol. The van der Waals surface area contributed by atoms with E-state index >= 15 is 0 Å². The van der Waals surface area contributed by atoms with Crippen molar-refractivity contribution >= 4 is 59.3 Å². The Morgan fingerprint density at radius 1 is 1.50 bits per heavy atom. The van der Waals surface area contributed by atoms with Crippen LogP contribution in [0.4, 0.5) is 0 Å². The van der Waals surface area contributed by atoms with Gasteiger partial charge in [-0.15, -0.1) is 0 Å². The van der Waals surface area contributed by atoms with E-state index in [0.717, 1.165) is 6.42 Å². The summed E-state index contributed by atoms with van der Waals surface area (Å²) in [5.74, 6) is -0.847. The van der Waals surface area contributed by atoms with E-state index in [-0.39, 0.29) is 51.9 Å². The molecule has 0 bridgehead atoms. The van der Waals surface area contributed by atoms with Gasteiger partial charge in [-0.05, 0) is 6.42 Å². The molecule has 0 aliphatic heterocycles. The molecule has 2 N–H and O–H groups in total. The third-order valence-corrected chi connectivity index (χ3v) is 1.40.